The summed E-state index contributed by atoms with van der Waals surface area (Å²) >= 11 is 0. The zero-order chi connectivity index (χ0) is 11.8. The molecule has 0 aliphatic carbocycles. The first-order valence-corrected chi connectivity index (χ1v) is 5.05. The fourth-order valence-corrected chi connectivity index (χ4v) is 1.21. The van der Waals surface area contributed by atoms with Crippen LogP contribution in [0, 0.1) is 0 Å². The number of hydrogen-bond acceptors (Lipinski definition) is 4. The van der Waals surface area contributed by atoms with E-state index in [0.29, 0.717) is 24.3 Å². The first-order chi connectivity index (χ1) is 7.77. The SMILES string of the molecule is COc1ccccc1OC(=O)CCCC=O. The van der Waals surface area contributed by atoms with Crippen LogP contribution in [0.1, 0.15) is 19.3 Å². The van der Waals surface area contributed by atoms with Gasteiger partial charge in [0.05, 0.1) is 7.11 Å². The van der Waals surface area contributed by atoms with Gasteiger partial charge in [-0.2, -0.15) is 0 Å². The first kappa shape index (κ1) is 12.2. The Kier molecular flexibility index (Phi) is 5.05. The molecule has 0 aliphatic heterocycles. The van der Waals surface area contributed by atoms with Gasteiger partial charge in [0.15, 0.2) is 11.5 Å². The number of carbonyl (C=O) groups excluding carboxylic acids is 2. The van der Waals surface area contributed by atoms with Crippen LogP contribution in [0.2, 0.25) is 0 Å². The molecule has 0 spiro atoms. The van der Waals surface area contributed by atoms with Crippen LogP contribution in [0.3, 0.4) is 0 Å². The minimum Gasteiger partial charge on any atom is -0.493 e. The molecule has 0 heterocycles. The lowest BCUT2D eigenvalue weighted by Gasteiger charge is -2.07. The molecular weight excluding hydrogens is 208 g/mol. The second-order valence-electron chi connectivity index (χ2n) is 3.18. The molecular formula is C12H14O4. The van der Waals surface area contributed by atoms with Crippen molar-refractivity contribution in [2.75, 3.05) is 7.11 Å². The normalized spacial score (nSPS) is 9.56. The Bertz CT molecular complexity index is 360. The first-order valence-electron chi connectivity index (χ1n) is 5.05. The maximum absolute atomic E-state index is 11.4. The Balaban J connectivity index is 2.52. The summed E-state index contributed by atoms with van der Waals surface area (Å²) in [5, 5.41) is 0. The van der Waals surface area contributed by atoms with Crippen molar-refractivity contribution >= 4 is 12.3 Å². The minimum absolute atomic E-state index is 0.233. The van der Waals surface area contributed by atoms with E-state index < -0.39 is 0 Å². The number of methoxy groups -OCH3 is 1. The summed E-state index contributed by atoms with van der Waals surface area (Å²) in [6, 6.07) is 6.93. The van der Waals surface area contributed by atoms with Gasteiger partial charge in [0.2, 0.25) is 0 Å². The summed E-state index contributed by atoms with van der Waals surface area (Å²) in [6.07, 6.45) is 1.91. The zero-order valence-electron chi connectivity index (χ0n) is 9.14. The second kappa shape index (κ2) is 6.61. The molecule has 4 nitrogen and oxygen atoms in total. The number of aldehydes is 1. The quantitative estimate of drug-likeness (QED) is 0.319. The van der Waals surface area contributed by atoms with Gasteiger partial charge in [-0.3, -0.25) is 4.79 Å². The third-order valence-electron chi connectivity index (χ3n) is 2.00. The lowest BCUT2D eigenvalue weighted by Crippen LogP contribution is -2.08. The highest BCUT2D eigenvalue weighted by Crippen LogP contribution is 2.26. The number of rotatable bonds is 6. The second-order valence-corrected chi connectivity index (χ2v) is 3.18. The molecule has 1 rings (SSSR count). The molecule has 0 radical (unpaired) electrons. The van der Waals surface area contributed by atoms with Crippen LogP contribution < -0.4 is 9.47 Å². The third kappa shape index (κ3) is 3.73. The van der Waals surface area contributed by atoms with Crippen molar-refractivity contribution in [1.82, 2.24) is 0 Å². The van der Waals surface area contributed by atoms with Gasteiger partial charge in [-0.25, -0.2) is 0 Å². The fraction of sp³-hybridized carbons (Fsp3) is 0.333. The zero-order valence-corrected chi connectivity index (χ0v) is 9.14. The van der Waals surface area contributed by atoms with E-state index in [1.165, 1.54) is 7.11 Å². The van der Waals surface area contributed by atoms with Crippen LogP contribution in [0.4, 0.5) is 0 Å². The molecule has 0 unspecified atom stereocenters. The highest BCUT2D eigenvalue weighted by atomic mass is 16.6. The summed E-state index contributed by atoms with van der Waals surface area (Å²) in [4.78, 5) is 21.4. The standard InChI is InChI=1S/C12H14O4/c1-15-10-6-2-3-7-11(10)16-12(14)8-4-5-9-13/h2-3,6-7,9H,4-5,8H2,1H3. The monoisotopic (exact) mass is 222 g/mol. The van der Waals surface area contributed by atoms with Gasteiger partial charge in [0, 0.05) is 12.8 Å². The minimum atomic E-state index is -0.355. The van der Waals surface area contributed by atoms with Crippen molar-refractivity contribution in [3.05, 3.63) is 24.3 Å². The van der Waals surface area contributed by atoms with Crippen LogP contribution in [0.15, 0.2) is 24.3 Å². The van der Waals surface area contributed by atoms with E-state index in [1.54, 1.807) is 24.3 Å². The smallest absolute Gasteiger partial charge is 0.311 e. The number of hydrogen-bond donors (Lipinski definition) is 0. The fourth-order valence-electron chi connectivity index (χ4n) is 1.21. The van der Waals surface area contributed by atoms with E-state index in [9.17, 15) is 9.59 Å². The molecule has 86 valence electrons. The molecule has 0 aliphatic rings. The van der Waals surface area contributed by atoms with Crippen molar-refractivity contribution in [2.45, 2.75) is 19.3 Å². The van der Waals surface area contributed by atoms with Crippen molar-refractivity contribution < 1.29 is 19.1 Å². The van der Waals surface area contributed by atoms with Gasteiger partial charge < -0.3 is 14.3 Å². The highest BCUT2D eigenvalue weighted by Gasteiger charge is 2.08. The largest absolute Gasteiger partial charge is 0.493 e. The molecule has 4 heteroatoms. The van der Waals surface area contributed by atoms with Gasteiger partial charge >= 0.3 is 5.97 Å². The number of carbonyl (C=O) groups is 2. The van der Waals surface area contributed by atoms with Crippen molar-refractivity contribution in [2.24, 2.45) is 0 Å². The van der Waals surface area contributed by atoms with Crippen molar-refractivity contribution in [3.8, 4) is 11.5 Å². The van der Waals surface area contributed by atoms with E-state index in [2.05, 4.69) is 0 Å². The molecule has 0 N–H and O–H groups in total. The van der Waals surface area contributed by atoms with Crippen LogP contribution in [-0.2, 0) is 9.59 Å². The Hall–Kier alpha value is -1.84. The lowest BCUT2D eigenvalue weighted by molar-refractivity contribution is -0.134. The van der Waals surface area contributed by atoms with Gasteiger partial charge in [-0.15, -0.1) is 0 Å². The Morgan fingerprint density at radius 2 is 2.00 bits per heavy atom. The number of para-hydroxylation sites is 2. The highest BCUT2D eigenvalue weighted by molar-refractivity contribution is 5.73. The summed E-state index contributed by atoms with van der Waals surface area (Å²) in [6.45, 7) is 0. The Morgan fingerprint density at radius 3 is 2.62 bits per heavy atom. The van der Waals surface area contributed by atoms with Gasteiger partial charge in [0.1, 0.15) is 6.29 Å². The molecule has 1 aromatic carbocycles. The van der Waals surface area contributed by atoms with Crippen LogP contribution >= 0.6 is 0 Å². The lowest BCUT2D eigenvalue weighted by atomic mass is 10.2. The van der Waals surface area contributed by atoms with Crippen LogP contribution in [-0.4, -0.2) is 19.4 Å². The topological polar surface area (TPSA) is 52.6 Å². The van der Waals surface area contributed by atoms with E-state index >= 15 is 0 Å². The van der Waals surface area contributed by atoms with Crippen LogP contribution in [0.5, 0.6) is 11.5 Å². The number of benzene rings is 1. The number of ether oxygens (including phenoxy) is 2. The summed E-state index contributed by atoms with van der Waals surface area (Å²) in [5.41, 5.74) is 0. The maximum atomic E-state index is 11.4. The van der Waals surface area contributed by atoms with Crippen molar-refractivity contribution in [3.63, 3.8) is 0 Å². The van der Waals surface area contributed by atoms with E-state index in [-0.39, 0.29) is 12.4 Å². The summed E-state index contributed by atoms with van der Waals surface area (Å²) in [7, 11) is 1.51. The van der Waals surface area contributed by atoms with Crippen molar-refractivity contribution in [1.29, 1.82) is 0 Å². The van der Waals surface area contributed by atoms with Gasteiger partial charge in [0.25, 0.3) is 0 Å². The van der Waals surface area contributed by atoms with E-state index in [1.807, 2.05) is 0 Å². The predicted octanol–water partition coefficient (Wildman–Crippen LogP) is 1.97. The van der Waals surface area contributed by atoms with Gasteiger partial charge in [-0.1, -0.05) is 12.1 Å². The third-order valence-corrected chi connectivity index (χ3v) is 2.00. The summed E-state index contributed by atoms with van der Waals surface area (Å²) in [5.74, 6) is 0.568. The van der Waals surface area contributed by atoms with E-state index in [0.717, 1.165) is 6.29 Å². The summed E-state index contributed by atoms with van der Waals surface area (Å²) < 4.78 is 10.1. The molecule has 0 aromatic heterocycles. The Morgan fingerprint density at radius 1 is 1.31 bits per heavy atom. The molecule has 0 amide bonds. The predicted molar refractivity (Wildman–Crippen MR) is 58.5 cm³/mol. The molecule has 0 fully saturated rings. The molecule has 0 bridgehead atoms. The maximum Gasteiger partial charge on any atom is 0.311 e. The molecule has 0 saturated carbocycles. The molecule has 0 saturated heterocycles. The molecule has 1 aromatic rings. The molecule has 16 heavy (non-hydrogen) atoms. The number of esters is 1. The average Bonchev–Trinajstić information content (AvgIpc) is 2.30. The number of unbranched alkanes of at least 4 members (excludes halogenated alkanes) is 1. The molecule has 0 atom stereocenters. The van der Waals surface area contributed by atoms with Gasteiger partial charge in [-0.05, 0) is 18.6 Å². The average molecular weight is 222 g/mol. The van der Waals surface area contributed by atoms with Crippen LogP contribution in [0.25, 0.3) is 0 Å². The van der Waals surface area contributed by atoms with E-state index in [4.69, 9.17) is 9.47 Å². The Labute approximate surface area is 94.2 Å².